The van der Waals surface area contributed by atoms with Gasteiger partial charge in [0.05, 0.1) is 26.9 Å². The Kier molecular flexibility index (Phi) is 5.92. The number of carbonyl (C=O) groups excluding carboxylic acids is 2. The quantitative estimate of drug-likeness (QED) is 0.648. The maximum absolute atomic E-state index is 13.6. The number of para-hydroxylation sites is 1. The van der Waals surface area contributed by atoms with E-state index < -0.39 is 6.04 Å². The Morgan fingerprint density at radius 1 is 1.03 bits per heavy atom. The smallest absolute Gasteiger partial charge is 0.271 e. The van der Waals surface area contributed by atoms with Crippen molar-refractivity contribution in [3.63, 3.8) is 0 Å². The van der Waals surface area contributed by atoms with E-state index in [0.29, 0.717) is 45.0 Å². The molecule has 2 fully saturated rings. The van der Waals surface area contributed by atoms with Gasteiger partial charge in [-0.15, -0.1) is 0 Å². The van der Waals surface area contributed by atoms with Crippen LogP contribution in [0.3, 0.4) is 0 Å². The monoisotopic (exact) mass is 449 g/mol. The van der Waals surface area contributed by atoms with Crippen molar-refractivity contribution in [1.29, 1.82) is 0 Å². The number of rotatable bonds is 5. The van der Waals surface area contributed by atoms with Gasteiger partial charge in [-0.2, -0.15) is 0 Å². The molecule has 2 atom stereocenters. The normalized spacial score (nSPS) is 20.8. The number of carbonyl (C=O) groups is 2. The SMILES string of the molecule is COc1ccc2[nH]c(C(=O)N3C[C@@H](Oc4ccccc4)C[C@H]3C(=O)N3CCOCC3)cc2c1. The molecule has 0 spiro atoms. The summed E-state index contributed by atoms with van der Waals surface area (Å²) >= 11 is 0. The third-order valence-corrected chi connectivity index (χ3v) is 6.24. The lowest BCUT2D eigenvalue weighted by Crippen LogP contribution is -2.51. The van der Waals surface area contributed by atoms with Crippen molar-refractivity contribution in [3.05, 3.63) is 60.3 Å². The lowest BCUT2D eigenvalue weighted by molar-refractivity contribution is -0.139. The second-order valence-corrected chi connectivity index (χ2v) is 8.34. The highest BCUT2D eigenvalue weighted by molar-refractivity contribution is 6.00. The first-order chi connectivity index (χ1) is 16.1. The van der Waals surface area contributed by atoms with Gasteiger partial charge in [-0.05, 0) is 36.4 Å². The van der Waals surface area contributed by atoms with Crippen molar-refractivity contribution in [2.24, 2.45) is 0 Å². The van der Waals surface area contributed by atoms with Gasteiger partial charge < -0.3 is 29.0 Å². The van der Waals surface area contributed by atoms with E-state index in [2.05, 4.69) is 4.98 Å². The summed E-state index contributed by atoms with van der Waals surface area (Å²) < 4.78 is 16.8. The Morgan fingerprint density at radius 3 is 2.58 bits per heavy atom. The number of hydrogen-bond donors (Lipinski definition) is 1. The summed E-state index contributed by atoms with van der Waals surface area (Å²) in [5.74, 6) is 1.19. The first kappa shape index (κ1) is 21.3. The van der Waals surface area contributed by atoms with Crippen molar-refractivity contribution >= 4 is 22.7 Å². The maximum atomic E-state index is 13.6. The first-order valence-electron chi connectivity index (χ1n) is 11.2. The Labute approximate surface area is 192 Å². The highest BCUT2D eigenvalue weighted by Crippen LogP contribution is 2.28. The second kappa shape index (κ2) is 9.15. The molecule has 3 heterocycles. The summed E-state index contributed by atoms with van der Waals surface area (Å²) in [6.07, 6.45) is 0.182. The predicted molar refractivity (Wildman–Crippen MR) is 123 cm³/mol. The highest BCUT2D eigenvalue weighted by Gasteiger charge is 2.43. The summed E-state index contributed by atoms with van der Waals surface area (Å²) in [4.78, 5) is 33.6. The fourth-order valence-electron chi connectivity index (χ4n) is 4.54. The number of benzene rings is 2. The van der Waals surface area contributed by atoms with Gasteiger partial charge in [-0.3, -0.25) is 9.59 Å². The molecule has 2 aliphatic heterocycles. The van der Waals surface area contributed by atoms with E-state index in [1.54, 1.807) is 16.9 Å². The van der Waals surface area contributed by atoms with E-state index in [4.69, 9.17) is 14.2 Å². The van der Waals surface area contributed by atoms with Gasteiger partial charge >= 0.3 is 0 Å². The summed E-state index contributed by atoms with van der Waals surface area (Å²) in [6, 6.07) is 16.3. The molecule has 2 saturated heterocycles. The second-order valence-electron chi connectivity index (χ2n) is 8.34. The number of aromatic nitrogens is 1. The van der Waals surface area contributed by atoms with Crippen LogP contribution in [0.1, 0.15) is 16.9 Å². The molecule has 8 nitrogen and oxygen atoms in total. The number of morpholine rings is 1. The van der Waals surface area contributed by atoms with Crippen LogP contribution < -0.4 is 9.47 Å². The molecule has 8 heteroatoms. The molecule has 172 valence electrons. The van der Waals surface area contributed by atoms with Crippen LogP contribution in [0.5, 0.6) is 11.5 Å². The van der Waals surface area contributed by atoms with Crippen LogP contribution >= 0.6 is 0 Å². The van der Waals surface area contributed by atoms with Crippen LogP contribution in [-0.2, 0) is 9.53 Å². The summed E-state index contributed by atoms with van der Waals surface area (Å²) in [5.41, 5.74) is 1.28. The molecule has 2 aromatic carbocycles. The number of fused-ring (bicyclic) bond motifs is 1. The summed E-state index contributed by atoms with van der Waals surface area (Å²) in [5, 5.41) is 0.880. The van der Waals surface area contributed by atoms with Gasteiger partial charge in [-0.1, -0.05) is 18.2 Å². The van der Waals surface area contributed by atoms with E-state index in [1.807, 2.05) is 54.6 Å². The van der Waals surface area contributed by atoms with Crippen molar-refractivity contribution in [2.45, 2.75) is 18.6 Å². The van der Waals surface area contributed by atoms with Crippen LogP contribution in [0.4, 0.5) is 0 Å². The molecule has 3 aromatic rings. The van der Waals surface area contributed by atoms with Crippen molar-refractivity contribution in [1.82, 2.24) is 14.8 Å². The minimum atomic E-state index is -0.578. The number of likely N-dealkylation sites (tertiary alicyclic amines) is 1. The number of nitrogens with zero attached hydrogens (tertiary/aromatic N) is 2. The molecule has 33 heavy (non-hydrogen) atoms. The third kappa shape index (κ3) is 4.39. The van der Waals surface area contributed by atoms with Gasteiger partial charge in [0.15, 0.2) is 0 Å². The Morgan fingerprint density at radius 2 is 1.82 bits per heavy atom. The average molecular weight is 450 g/mol. The van der Waals surface area contributed by atoms with Crippen molar-refractivity contribution in [2.75, 3.05) is 40.0 Å². The fraction of sp³-hybridized carbons (Fsp3) is 0.360. The highest BCUT2D eigenvalue weighted by atomic mass is 16.5. The van der Waals surface area contributed by atoms with Crippen LogP contribution in [0.25, 0.3) is 10.9 Å². The number of methoxy groups -OCH3 is 1. The minimum Gasteiger partial charge on any atom is -0.497 e. The zero-order valence-electron chi connectivity index (χ0n) is 18.5. The Hall–Kier alpha value is -3.52. The molecular weight excluding hydrogens is 422 g/mol. The standard InChI is InChI=1S/C25H27N3O5/c1-31-19-7-8-21-17(13-19)14-22(26-21)24(29)28-16-20(33-18-5-3-2-4-6-18)15-23(28)25(30)27-9-11-32-12-10-27/h2-8,13-14,20,23,26H,9-12,15-16H2,1H3/t20-,23-/m0/s1. The molecule has 2 aliphatic rings. The summed E-state index contributed by atoms with van der Waals surface area (Å²) in [6.45, 7) is 2.44. The summed E-state index contributed by atoms with van der Waals surface area (Å²) in [7, 11) is 1.61. The zero-order chi connectivity index (χ0) is 22.8. The van der Waals surface area contributed by atoms with E-state index in [1.165, 1.54) is 0 Å². The molecule has 0 bridgehead atoms. The molecule has 0 unspecified atom stereocenters. The van der Waals surface area contributed by atoms with Gasteiger partial charge in [-0.25, -0.2) is 0 Å². The largest absolute Gasteiger partial charge is 0.497 e. The van der Waals surface area contributed by atoms with E-state index in [0.717, 1.165) is 22.4 Å². The van der Waals surface area contributed by atoms with E-state index in [-0.39, 0.29) is 17.9 Å². The van der Waals surface area contributed by atoms with E-state index in [9.17, 15) is 9.59 Å². The number of ether oxygens (including phenoxy) is 3. The molecule has 1 N–H and O–H groups in total. The zero-order valence-corrected chi connectivity index (χ0v) is 18.5. The minimum absolute atomic E-state index is 0.0522. The van der Waals surface area contributed by atoms with Gasteiger partial charge in [0.1, 0.15) is 29.3 Å². The first-order valence-corrected chi connectivity index (χ1v) is 11.2. The number of hydrogen-bond acceptors (Lipinski definition) is 5. The molecular formula is C25H27N3O5. The van der Waals surface area contributed by atoms with Crippen LogP contribution in [-0.4, -0.2) is 78.7 Å². The fourth-order valence-corrected chi connectivity index (χ4v) is 4.54. The molecule has 0 aliphatic carbocycles. The van der Waals surface area contributed by atoms with E-state index >= 15 is 0 Å². The number of amides is 2. The van der Waals surface area contributed by atoms with Crippen molar-refractivity contribution in [3.8, 4) is 11.5 Å². The molecule has 0 radical (unpaired) electrons. The Bertz CT molecular complexity index is 1140. The van der Waals surface area contributed by atoms with Crippen LogP contribution in [0, 0.1) is 0 Å². The predicted octanol–water partition coefficient (Wildman–Crippen LogP) is 2.70. The lowest BCUT2D eigenvalue weighted by Gasteiger charge is -2.32. The van der Waals surface area contributed by atoms with Gasteiger partial charge in [0.2, 0.25) is 5.91 Å². The third-order valence-electron chi connectivity index (χ3n) is 6.24. The molecule has 2 amide bonds. The number of nitrogens with one attached hydrogen (secondary N) is 1. The van der Waals surface area contributed by atoms with Gasteiger partial charge in [0.25, 0.3) is 5.91 Å². The van der Waals surface area contributed by atoms with Gasteiger partial charge in [0, 0.05) is 30.4 Å². The van der Waals surface area contributed by atoms with Crippen LogP contribution in [0.15, 0.2) is 54.6 Å². The lowest BCUT2D eigenvalue weighted by atomic mass is 10.1. The molecule has 5 rings (SSSR count). The Balaban J connectivity index is 1.41. The average Bonchev–Trinajstić information content (AvgIpc) is 3.48. The topological polar surface area (TPSA) is 84.1 Å². The van der Waals surface area contributed by atoms with Crippen molar-refractivity contribution < 1.29 is 23.8 Å². The number of aromatic amines is 1. The number of H-pyrrole nitrogens is 1. The van der Waals surface area contributed by atoms with Crippen LogP contribution in [0.2, 0.25) is 0 Å². The molecule has 1 aromatic heterocycles. The maximum Gasteiger partial charge on any atom is 0.271 e. The molecule has 0 saturated carbocycles.